The van der Waals surface area contributed by atoms with E-state index in [-0.39, 0.29) is 12.1 Å². The van der Waals surface area contributed by atoms with Crippen molar-refractivity contribution in [2.24, 2.45) is 5.92 Å². The summed E-state index contributed by atoms with van der Waals surface area (Å²) in [5.41, 5.74) is 0. The van der Waals surface area contributed by atoms with E-state index in [9.17, 15) is 4.79 Å². The highest BCUT2D eigenvalue weighted by atomic mass is 16.5. The summed E-state index contributed by atoms with van der Waals surface area (Å²) >= 11 is 0. The highest BCUT2D eigenvalue weighted by Gasteiger charge is 2.07. The summed E-state index contributed by atoms with van der Waals surface area (Å²) in [7, 11) is 0. The standard InChI is InChI=1S/C14H28O2/c1-5-12(3)10-8-7-9-11-13(4)16-14(15)6-2/h12-13H,5-11H2,1-4H3/t12-,13?/m1/s1. The fourth-order valence-electron chi connectivity index (χ4n) is 1.67. The number of hydrogen-bond donors (Lipinski definition) is 0. The Morgan fingerprint density at radius 3 is 2.25 bits per heavy atom. The van der Waals surface area contributed by atoms with Crippen molar-refractivity contribution in [2.45, 2.75) is 78.7 Å². The Hall–Kier alpha value is -0.530. The molecule has 0 saturated carbocycles. The third-order valence-electron chi connectivity index (χ3n) is 3.13. The molecular weight excluding hydrogens is 200 g/mol. The van der Waals surface area contributed by atoms with Gasteiger partial charge in [-0.25, -0.2) is 0 Å². The summed E-state index contributed by atoms with van der Waals surface area (Å²) < 4.78 is 5.21. The molecule has 0 aliphatic rings. The maximum absolute atomic E-state index is 11.0. The first-order valence-corrected chi connectivity index (χ1v) is 6.79. The van der Waals surface area contributed by atoms with Crippen molar-refractivity contribution in [1.29, 1.82) is 0 Å². The van der Waals surface area contributed by atoms with E-state index in [0.717, 1.165) is 12.3 Å². The minimum atomic E-state index is -0.0768. The fraction of sp³-hybridized carbons (Fsp3) is 0.929. The molecule has 0 radical (unpaired) electrons. The molecule has 0 N–H and O–H groups in total. The number of carbonyl (C=O) groups excluding carboxylic acids is 1. The van der Waals surface area contributed by atoms with Crippen molar-refractivity contribution in [1.82, 2.24) is 0 Å². The third-order valence-corrected chi connectivity index (χ3v) is 3.13. The van der Waals surface area contributed by atoms with Crippen LogP contribution in [0.5, 0.6) is 0 Å². The van der Waals surface area contributed by atoms with E-state index in [0.29, 0.717) is 6.42 Å². The van der Waals surface area contributed by atoms with Gasteiger partial charge >= 0.3 is 5.97 Å². The number of unbranched alkanes of at least 4 members (excludes halogenated alkanes) is 2. The number of hydrogen-bond acceptors (Lipinski definition) is 2. The molecule has 0 heterocycles. The van der Waals surface area contributed by atoms with Gasteiger partial charge < -0.3 is 4.74 Å². The van der Waals surface area contributed by atoms with E-state index in [1.807, 2.05) is 13.8 Å². The molecule has 0 aliphatic heterocycles. The maximum Gasteiger partial charge on any atom is 0.305 e. The lowest BCUT2D eigenvalue weighted by Gasteiger charge is -2.12. The molecule has 0 rings (SSSR count). The highest BCUT2D eigenvalue weighted by Crippen LogP contribution is 2.14. The number of rotatable bonds is 9. The van der Waals surface area contributed by atoms with Gasteiger partial charge in [0.15, 0.2) is 0 Å². The molecule has 0 amide bonds. The van der Waals surface area contributed by atoms with Crippen molar-refractivity contribution in [2.75, 3.05) is 0 Å². The van der Waals surface area contributed by atoms with Crippen molar-refractivity contribution in [3.8, 4) is 0 Å². The van der Waals surface area contributed by atoms with Gasteiger partial charge in [0.05, 0.1) is 6.10 Å². The highest BCUT2D eigenvalue weighted by molar-refractivity contribution is 5.69. The van der Waals surface area contributed by atoms with Gasteiger partial charge in [-0.3, -0.25) is 4.79 Å². The van der Waals surface area contributed by atoms with Crippen LogP contribution in [-0.2, 0) is 9.53 Å². The van der Waals surface area contributed by atoms with Crippen LogP contribution in [0.15, 0.2) is 0 Å². The average Bonchev–Trinajstić information content (AvgIpc) is 2.27. The molecule has 2 heteroatoms. The van der Waals surface area contributed by atoms with Crippen LogP contribution < -0.4 is 0 Å². The second kappa shape index (κ2) is 9.68. The molecule has 0 aromatic rings. The molecule has 16 heavy (non-hydrogen) atoms. The normalized spacial score (nSPS) is 14.5. The average molecular weight is 228 g/mol. The Morgan fingerprint density at radius 1 is 1.06 bits per heavy atom. The van der Waals surface area contributed by atoms with Crippen molar-refractivity contribution in [3.63, 3.8) is 0 Å². The van der Waals surface area contributed by atoms with Gasteiger partial charge in [0, 0.05) is 6.42 Å². The van der Waals surface area contributed by atoms with Crippen LogP contribution in [-0.4, -0.2) is 12.1 Å². The van der Waals surface area contributed by atoms with Crippen LogP contribution in [0.1, 0.15) is 72.6 Å². The lowest BCUT2D eigenvalue weighted by molar-refractivity contribution is -0.148. The zero-order valence-electron chi connectivity index (χ0n) is 11.4. The van der Waals surface area contributed by atoms with Crippen molar-refractivity contribution < 1.29 is 9.53 Å². The minimum absolute atomic E-state index is 0.0768. The van der Waals surface area contributed by atoms with Crippen LogP contribution >= 0.6 is 0 Å². The third kappa shape index (κ3) is 8.75. The van der Waals surface area contributed by atoms with Crippen molar-refractivity contribution >= 4 is 5.97 Å². The summed E-state index contributed by atoms with van der Waals surface area (Å²) in [6.07, 6.45) is 7.95. The zero-order valence-corrected chi connectivity index (χ0v) is 11.4. The van der Waals surface area contributed by atoms with Crippen LogP contribution in [0.3, 0.4) is 0 Å². The smallest absolute Gasteiger partial charge is 0.305 e. The van der Waals surface area contributed by atoms with Gasteiger partial charge in [-0.1, -0.05) is 46.5 Å². The molecule has 1 unspecified atom stereocenters. The first-order valence-electron chi connectivity index (χ1n) is 6.79. The predicted molar refractivity (Wildman–Crippen MR) is 68.4 cm³/mol. The molecule has 0 spiro atoms. The number of esters is 1. The van der Waals surface area contributed by atoms with Gasteiger partial charge in [0.25, 0.3) is 0 Å². The van der Waals surface area contributed by atoms with E-state index >= 15 is 0 Å². The van der Waals surface area contributed by atoms with E-state index in [4.69, 9.17) is 4.74 Å². The van der Waals surface area contributed by atoms with Crippen LogP contribution in [0, 0.1) is 5.92 Å². The molecule has 0 aromatic carbocycles. The van der Waals surface area contributed by atoms with Gasteiger partial charge in [-0.15, -0.1) is 0 Å². The summed E-state index contributed by atoms with van der Waals surface area (Å²) in [5.74, 6) is 0.780. The van der Waals surface area contributed by atoms with Gasteiger partial charge in [-0.2, -0.15) is 0 Å². The first kappa shape index (κ1) is 15.5. The van der Waals surface area contributed by atoms with Crippen LogP contribution in [0.4, 0.5) is 0 Å². The summed E-state index contributed by atoms with van der Waals surface area (Å²) in [6.45, 7) is 8.38. The Kier molecular flexibility index (Phi) is 9.36. The van der Waals surface area contributed by atoms with Gasteiger partial charge in [0.2, 0.25) is 0 Å². The summed E-state index contributed by atoms with van der Waals surface area (Å²) in [4.78, 5) is 11.0. The molecule has 0 aliphatic carbocycles. The van der Waals surface area contributed by atoms with Crippen LogP contribution in [0.2, 0.25) is 0 Å². The van der Waals surface area contributed by atoms with Gasteiger partial charge in [-0.05, 0) is 25.7 Å². The Balaban J connectivity index is 3.34. The number of carbonyl (C=O) groups is 1. The maximum atomic E-state index is 11.0. The van der Waals surface area contributed by atoms with E-state index in [2.05, 4.69) is 13.8 Å². The SMILES string of the molecule is CCC(=O)OC(C)CCCCC[C@H](C)CC. The summed E-state index contributed by atoms with van der Waals surface area (Å²) in [5, 5.41) is 0. The molecule has 0 aromatic heterocycles. The number of ether oxygens (including phenoxy) is 1. The van der Waals surface area contributed by atoms with Crippen molar-refractivity contribution in [3.05, 3.63) is 0 Å². The van der Waals surface area contributed by atoms with E-state index in [1.54, 1.807) is 0 Å². The molecule has 0 saturated heterocycles. The molecule has 0 fully saturated rings. The molecule has 2 nitrogen and oxygen atoms in total. The first-order chi connectivity index (χ1) is 7.60. The second-order valence-electron chi connectivity index (χ2n) is 4.81. The van der Waals surface area contributed by atoms with Crippen LogP contribution in [0.25, 0.3) is 0 Å². The largest absolute Gasteiger partial charge is 0.463 e. The summed E-state index contributed by atoms with van der Waals surface area (Å²) in [6, 6.07) is 0. The Morgan fingerprint density at radius 2 is 1.69 bits per heavy atom. The lowest BCUT2D eigenvalue weighted by atomic mass is 10.00. The zero-order chi connectivity index (χ0) is 12.4. The Bertz CT molecular complexity index is 178. The van der Waals surface area contributed by atoms with E-state index in [1.165, 1.54) is 32.1 Å². The Labute approximate surface area is 101 Å². The molecule has 0 bridgehead atoms. The van der Waals surface area contributed by atoms with E-state index < -0.39 is 0 Å². The fourth-order valence-corrected chi connectivity index (χ4v) is 1.67. The molecule has 96 valence electrons. The topological polar surface area (TPSA) is 26.3 Å². The second-order valence-corrected chi connectivity index (χ2v) is 4.81. The monoisotopic (exact) mass is 228 g/mol. The lowest BCUT2D eigenvalue weighted by Crippen LogP contribution is -2.13. The minimum Gasteiger partial charge on any atom is -0.463 e. The predicted octanol–water partition coefficient (Wildman–Crippen LogP) is 4.32. The quantitative estimate of drug-likeness (QED) is 0.434. The molecular formula is C14H28O2. The molecule has 2 atom stereocenters. The van der Waals surface area contributed by atoms with Gasteiger partial charge in [0.1, 0.15) is 0 Å².